The maximum atomic E-state index is 11.9. The van der Waals surface area contributed by atoms with Crippen LogP contribution in [0.4, 0.5) is 0 Å². The van der Waals surface area contributed by atoms with Crippen molar-refractivity contribution in [2.45, 2.75) is 37.7 Å². The summed E-state index contributed by atoms with van der Waals surface area (Å²) in [6, 6.07) is 20.3. The second-order valence-corrected chi connectivity index (χ2v) is 6.39. The number of carbonyl (C=O) groups excluding carboxylic acids is 1. The van der Waals surface area contributed by atoms with Crippen LogP contribution >= 0.6 is 0 Å². The molecule has 124 valence electrons. The van der Waals surface area contributed by atoms with E-state index < -0.39 is 11.6 Å². The summed E-state index contributed by atoms with van der Waals surface area (Å²) in [6.45, 7) is 0. The Morgan fingerprint density at radius 1 is 0.875 bits per heavy atom. The first kappa shape index (κ1) is 16.3. The van der Waals surface area contributed by atoms with Gasteiger partial charge in [-0.25, -0.2) is 4.79 Å². The first-order chi connectivity index (χ1) is 11.7. The molecule has 0 aliphatic carbocycles. The van der Waals surface area contributed by atoms with Crippen molar-refractivity contribution in [3.63, 3.8) is 0 Å². The molecule has 0 saturated carbocycles. The third kappa shape index (κ3) is 4.25. The fourth-order valence-corrected chi connectivity index (χ4v) is 3.23. The van der Waals surface area contributed by atoms with Crippen LogP contribution in [0.25, 0.3) is 0 Å². The van der Waals surface area contributed by atoms with Gasteiger partial charge in [-0.2, -0.15) is 0 Å². The lowest BCUT2D eigenvalue weighted by Crippen LogP contribution is -2.39. The summed E-state index contributed by atoms with van der Waals surface area (Å²) in [5, 5.41) is 9.97. The molecular formula is C21H22O3. The number of carbonyl (C=O) groups is 1. The second kappa shape index (κ2) is 7.35. The fraction of sp³-hybridized carbons (Fsp3) is 0.286. The van der Waals surface area contributed by atoms with Crippen molar-refractivity contribution >= 4 is 5.97 Å². The molecule has 2 aromatic rings. The summed E-state index contributed by atoms with van der Waals surface area (Å²) in [6.07, 6.45) is 4.61. The van der Waals surface area contributed by atoms with Gasteiger partial charge in [-0.15, -0.1) is 0 Å². The van der Waals surface area contributed by atoms with Gasteiger partial charge in [0.15, 0.2) is 0 Å². The fourth-order valence-electron chi connectivity index (χ4n) is 3.23. The van der Waals surface area contributed by atoms with Gasteiger partial charge in [0.1, 0.15) is 11.4 Å². The van der Waals surface area contributed by atoms with Crippen LogP contribution in [0.15, 0.2) is 72.5 Å². The van der Waals surface area contributed by atoms with Crippen molar-refractivity contribution in [1.29, 1.82) is 0 Å². The molecule has 0 fully saturated rings. The van der Waals surface area contributed by atoms with Gasteiger partial charge in [0, 0.05) is 6.42 Å². The summed E-state index contributed by atoms with van der Waals surface area (Å²) in [4.78, 5) is 11.9. The van der Waals surface area contributed by atoms with Crippen molar-refractivity contribution in [1.82, 2.24) is 0 Å². The molecule has 0 radical (unpaired) electrons. The lowest BCUT2D eigenvalue weighted by molar-refractivity contribution is -0.158. The summed E-state index contributed by atoms with van der Waals surface area (Å²) in [5.41, 5.74) is 1.78. The van der Waals surface area contributed by atoms with E-state index in [1.54, 1.807) is 0 Å². The van der Waals surface area contributed by atoms with Crippen LogP contribution in [0.5, 0.6) is 0 Å². The van der Waals surface area contributed by atoms with E-state index in [9.17, 15) is 9.90 Å². The summed E-state index contributed by atoms with van der Waals surface area (Å²) < 4.78 is 5.71. The molecule has 0 unspecified atom stereocenters. The highest BCUT2D eigenvalue weighted by Crippen LogP contribution is 2.34. The Labute approximate surface area is 142 Å². The number of aryl methyl sites for hydroxylation is 2. The maximum Gasteiger partial charge on any atom is 0.334 e. The van der Waals surface area contributed by atoms with Gasteiger partial charge in [-0.05, 0) is 36.8 Å². The van der Waals surface area contributed by atoms with E-state index in [1.807, 2.05) is 36.4 Å². The molecule has 3 heteroatoms. The third-order valence-corrected chi connectivity index (χ3v) is 4.53. The van der Waals surface area contributed by atoms with Crippen molar-refractivity contribution in [3.05, 3.63) is 83.6 Å². The standard InChI is InChI=1S/C21H22O3/c22-19-15-20(23)24-21(16-19,13-11-17-7-3-1-4-8-17)14-12-18-9-5-2-6-10-18/h1-10,15,22H,11-14,16H2. The normalized spacial score (nSPS) is 16.3. The van der Waals surface area contributed by atoms with Crippen LogP contribution in [-0.4, -0.2) is 16.7 Å². The quantitative estimate of drug-likeness (QED) is 0.803. The Hall–Kier alpha value is -2.55. The number of aliphatic hydroxyl groups excluding tert-OH is 1. The Kier molecular flexibility index (Phi) is 4.99. The van der Waals surface area contributed by atoms with Crippen LogP contribution in [0, 0.1) is 0 Å². The zero-order chi connectivity index (χ0) is 16.8. The number of cyclic esters (lactones) is 1. The van der Waals surface area contributed by atoms with Gasteiger partial charge in [-0.3, -0.25) is 0 Å². The first-order valence-corrected chi connectivity index (χ1v) is 8.36. The topological polar surface area (TPSA) is 46.5 Å². The molecule has 3 rings (SSSR count). The van der Waals surface area contributed by atoms with Crippen molar-refractivity contribution < 1.29 is 14.6 Å². The molecule has 2 aromatic carbocycles. The largest absolute Gasteiger partial charge is 0.512 e. The van der Waals surface area contributed by atoms with Crippen LogP contribution in [0.2, 0.25) is 0 Å². The van der Waals surface area contributed by atoms with E-state index in [-0.39, 0.29) is 5.76 Å². The van der Waals surface area contributed by atoms with Crippen LogP contribution < -0.4 is 0 Å². The molecule has 1 N–H and O–H groups in total. The van der Waals surface area contributed by atoms with E-state index >= 15 is 0 Å². The smallest absolute Gasteiger partial charge is 0.334 e. The summed E-state index contributed by atoms with van der Waals surface area (Å²) >= 11 is 0. The molecule has 0 atom stereocenters. The van der Waals surface area contributed by atoms with Gasteiger partial charge in [0.25, 0.3) is 0 Å². The molecule has 1 heterocycles. The highest BCUT2D eigenvalue weighted by atomic mass is 16.6. The highest BCUT2D eigenvalue weighted by molar-refractivity contribution is 5.83. The molecule has 0 bridgehead atoms. The average molecular weight is 322 g/mol. The monoisotopic (exact) mass is 322 g/mol. The SMILES string of the molecule is O=C1C=C(O)CC(CCc2ccccc2)(CCc2ccccc2)O1. The summed E-state index contributed by atoms with van der Waals surface area (Å²) in [7, 11) is 0. The van der Waals surface area contributed by atoms with Crippen LogP contribution in [-0.2, 0) is 22.4 Å². The second-order valence-electron chi connectivity index (χ2n) is 6.39. The zero-order valence-corrected chi connectivity index (χ0v) is 13.7. The molecule has 24 heavy (non-hydrogen) atoms. The van der Waals surface area contributed by atoms with Crippen molar-refractivity contribution in [2.75, 3.05) is 0 Å². The first-order valence-electron chi connectivity index (χ1n) is 8.36. The highest BCUT2D eigenvalue weighted by Gasteiger charge is 2.37. The molecular weight excluding hydrogens is 300 g/mol. The van der Waals surface area contributed by atoms with E-state index in [4.69, 9.17) is 4.74 Å². The van der Waals surface area contributed by atoms with Crippen LogP contribution in [0.1, 0.15) is 30.4 Å². The maximum absolute atomic E-state index is 11.9. The molecule has 0 saturated heterocycles. The Balaban J connectivity index is 1.73. The number of aliphatic hydroxyl groups is 1. The van der Waals surface area contributed by atoms with E-state index in [2.05, 4.69) is 24.3 Å². The van der Waals surface area contributed by atoms with E-state index in [0.717, 1.165) is 12.8 Å². The Morgan fingerprint density at radius 2 is 1.38 bits per heavy atom. The van der Waals surface area contributed by atoms with Gasteiger partial charge in [0.2, 0.25) is 0 Å². The third-order valence-electron chi connectivity index (χ3n) is 4.53. The molecule has 1 aliphatic rings. The number of esters is 1. The number of rotatable bonds is 6. The number of hydrogen-bond acceptors (Lipinski definition) is 3. The average Bonchev–Trinajstić information content (AvgIpc) is 2.59. The van der Waals surface area contributed by atoms with Gasteiger partial charge < -0.3 is 9.84 Å². The lowest BCUT2D eigenvalue weighted by Gasteiger charge is -2.35. The van der Waals surface area contributed by atoms with Crippen molar-refractivity contribution in [3.8, 4) is 0 Å². The van der Waals surface area contributed by atoms with Crippen molar-refractivity contribution in [2.24, 2.45) is 0 Å². The van der Waals surface area contributed by atoms with Gasteiger partial charge in [0.05, 0.1) is 6.08 Å². The molecule has 1 aliphatic heterocycles. The minimum atomic E-state index is -0.637. The Morgan fingerprint density at radius 3 is 1.83 bits per heavy atom. The predicted molar refractivity (Wildman–Crippen MR) is 93.7 cm³/mol. The number of benzene rings is 2. The molecule has 3 nitrogen and oxygen atoms in total. The van der Waals surface area contributed by atoms with E-state index in [1.165, 1.54) is 17.2 Å². The van der Waals surface area contributed by atoms with Crippen LogP contribution in [0.3, 0.4) is 0 Å². The minimum absolute atomic E-state index is 0.118. The van der Waals surface area contributed by atoms with Gasteiger partial charge in [-0.1, -0.05) is 60.7 Å². The molecule has 0 amide bonds. The zero-order valence-electron chi connectivity index (χ0n) is 13.7. The predicted octanol–water partition coefficient (Wildman–Crippen LogP) is 4.38. The number of ether oxygens (including phenoxy) is 1. The summed E-state index contributed by atoms with van der Waals surface area (Å²) in [5.74, 6) is -0.327. The van der Waals surface area contributed by atoms with Gasteiger partial charge >= 0.3 is 5.97 Å². The molecule has 0 aromatic heterocycles. The minimum Gasteiger partial charge on any atom is -0.512 e. The van der Waals surface area contributed by atoms with E-state index in [0.29, 0.717) is 19.3 Å². The number of hydrogen-bond donors (Lipinski definition) is 1. The molecule has 0 spiro atoms. The lowest BCUT2D eigenvalue weighted by atomic mass is 9.84. The Bertz CT molecular complexity index is 661.